The van der Waals surface area contributed by atoms with Crippen molar-refractivity contribution in [1.82, 2.24) is 10.6 Å². The molecule has 0 spiro atoms. The molecule has 1 aromatic carbocycles. The zero-order chi connectivity index (χ0) is 21.2. The summed E-state index contributed by atoms with van der Waals surface area (Å²) < 4.78 is 15.9. The number of amides is 1. The number of carbonyl (C=O) groups excluding carboxylic acids is 1. The number of guanidine groups is 1. The van der Waals surface area contributed by atoms with Gasteiger partial charge in [0.05, 0.1) is 14.2 Å². The fourth-order valence-electron chi connectivity index (χ4n) is 2.50. The molecule has 1 aromatic rings. The lowest BCUT2D eigenvalue weighted by Crippen LogP contribution is -2.46. The minimum atomic E-state index is -0.528. The molecule has 0 aliphatic carbocycles. The van der Waals surface area contributed by atoms with Crippen molar-refractivity contribution in [3.05, 3.63) is 18.2 Å². The Bertz CT molecular complexity index is 656. The summed E-state index contributed by atoms with van der Waals surface area (Å²) in [5, 5.41) is 9.34. The highest BCUT2D eigenvalue weighted by Crippen LogP contribution is 2.29. The predicted molar refractivity (Wildman–Crippen MR) is 113 cm³/mol. The summed E-state index contributed by atoms with van der Waals surface area (Å²) in [7, 11) is 4.87. The molecule has 0 aromatic heterocycles. The molecule has 1 amide bonds. The summed E-state index contributed by atoms with van der Waals surface area (Å²) >= 11 is 0. The topological polar surface area (TPSA) is 93.2 Å². The molecule has 8 heteroatoms. The Morgan fingerprint density at radius 2 is 1.86 bits per heavy atom. The minimum absolute atomic E-state index is 0.0798. The SMILES string of the molecule is CCCC(CNC(=NC)Nc1ccc(OC)c(OC)c1)NC(=O)OC(C)(C)C. The third kappa shape index (κ3) is 8.37. The maximum atomic E-state index is 12.0. The van der Waals surface area contributed by atoms with Gasteiger partial charge in [0.2, 0.25) is 0 Å². The van der Waals surface area contributed by atoms with Gasteiger partial charge in [-0.1, -0.05) is 13.3 Å². The first kappa shape index (κ1) is 23.4. The number of anilines is 1. The van der Waals surface area contributed by atoms with E-state index in [2.05, 4.69) is 27.9 Å². The molecule has 8 nitrogen and oxygen atoms in total. The molecule has 0 saturated carbocycles. The van der Waals surface area contributed by atoms with Crippen LogP contribution in [0.5, 0.6) is 11.5 Å². The van der Waals surface area contributed by atoms with Gasteiger partial charge in [0.1, 0.15) is 5.60 Å². The zero-order valence-corrected chi connectivity index (χ0v) is 18.0. The maximum absolute atomic E-state index is 12.0. The highest BCUT2D eigenvalue weighted by Gasteiger charge is 2.19. The number of carbonyl (C=O) groups is 1. The molecule has 158 valence electrons. The first-order chi connectivity index (χ1) is 13.2. The van der Waals surface area contributed by atoms with E-state index in [0.717, 1.165) is 18.5 Å². The Morgan fingerprint density at radius 3 is 2.39 bits per heavy atom. The van der Waals surface area contributed by atoms with E-state index in [1.807, 2.05) is 39.0 Å². The van der Waals surface area contributed by atoms with Crippen LogP contribution in [-0.4, -0.2) is 51.5 Å². The molecule has 1 atom stereocenters. The number of hydrogen-bond donors (Lipinski definition) is 3. The zero-order valence-electron chi connectivity index (χ0n) is 18.0. The molecule has 3 N–H and O–H groups in total. The van der Waals surface area contributed by atoms with Crippen LogP contribution in [0.3, 0.4) is 0 Å². The Balaban J connectivity index is 2.68. The number of ether oxygens (including phenoxy) is 3. The Morgan fingerprint density at radius 1 is 1.18 bits per heavy atom. The van der Waals surface area contributed by atoms with E-state index in [4.69, 9.17) is 14.2 Å². The van der Waals surface area contributed by atoms with Gasteiger partial charge in [0.15, 0.2) is 17.5 Å². The Labute approximate surface area is 168 Å². The van der Waals surface area contributed by atoms with Crippen LogP contribution in [0.1, 0.15) is 40.5 Å². The van der Waals surface area contributed by atoms with Crippen LogP contribution in [0.4, 0.5) is 10.5 Å². The highest BCUT2D eigenvalue weighted by molar-refractivity contribution is 5.93. The summed E-state index contributed by atoms with van der Waals surface area (Å²) in [5.74, 6) is 1.86. The van der Waals surface area contributed by atoms with Crippen LogP contribution >= 0.6 is 0 Å². The number of nitrogens with one attached hydrogen (secondary N) is 3. The van der Waals surface area contributed by atoms with E-state index in [-0.39, 0.29) is 6.04 Å². The van der Waals surface area contributed by atoms with Gasteiger partial charge < -0.3 is 30.2 Å². The number of alkyl carbamates (subject to hydrolysis) is 1. The third-order valence-corrected chi connectivity index (χ3v) is 3.74. The second kappa shape index (κ2) is 11.3. The standard InChI is InChI=1S/C20H34N4O4/c1-8-9-15(24-19(25)28-20(2,3)4)13-22-18(21-5)23-14-10-11-16(26-6)17(12-14)27-7/h10-12,15H,8-9,13H2,1-7H3,(H,24,25)(H2,21,22,23). The Kier molecular flexibility index (Phi) is 9.41. The van der Waals surface area contributed by atoms with Gasteiger partial charge >= 0.3 is 6.09 Å². The van der Waals surface area contributed by atoms with Crippen LogP contribution in [0, 0.1) is 0 Å². The van der Waals surface area contributed by atoms with Crippen molar-refractivity contribution < 1.29 is 19.0 Å². The largest absolute Gasteiger partial charge is 0.493 e. The van der Waals surface area contributed by atoms with E-state index in [9.17, 15) is 4.79 Å². The number of nitrogens with zero attached hydrogens (tertiary/aromatic N) is 1. The lowest BCUT2D eigenvalue weighted by atomic mass is 10.1. The molecule has 0 aliphatic rings. The van der Waals surface area contributed by atoms with Crippen molar-refractivity contribution in [2.45, 2.75) is 52.2 Å². The maximum Gasteiger partial charge on any atom is 0.407 e. The molecule has 0 heterocycles. The van der Waals surface area contributed by atoms with Gasteiger partial charge in [-0.2, -0.15) is 0 Å². The predicted octanol–water partition coefficient (Wildman–Crippen LogP) is 3.38. The van der Waals surface area contributed by atoms with Crippen LogP contribution in [0.15, 0.2) is 23.2 Å². The number of hydrogen-bond acceptors (Lipinski definition) is 5. The summed E-state index contributed by atoms with van der Waals surface area (Å²) in [5.41, 5.74) is 0.275. The lowest BCUT2D eigenvalue weighted by Gasteiger charge is -2.24. The fourth-order valence-corrected chi connectivity index (χ4v) is 2.50. The second-order valence-corrected chi connectivity index (χ2v) is 7.28. The number of methoxy groups -OCH3 is 2. The van der Waals surface area contributed by atoms with E-state index in [1.165, 1.54) is 0 Å². The van der Waals surface area contributed by atoms with Crippen molar-refractivity contribution in [2.75, 3.05) is 33.1 Å². The average molecular weight is 395 g/mol. The van der Waals surface area contributed by atoms with Gasteiger partial charge in [0, 0.05) is 31.4 Å². The van der Waals surface area contributed by atoms with Crippen molar-refractivity contribution in [1.29, 1.82) is 0 Å². The summed E-state index contributed by atoms with van der Waals surface area (Å²) in [6.45, 7) is 8.11. The van der Waals surface area contributed by atoms with Crippen LogP contribution in [0.25, 0.3) is 0 Å². The number of aliphatic imine (C=N–C) groups is 1. The van der Waals surface area contributed by atoms with E-state index >= 15 is 0 Å². The molecule has 0 aliphatic heterocycles. The van der Waals surface area contributed by atoms with Crippen LogP contribution in [0.2, 0.25) is 0 Å². The van der Waals surface area contributed by atoms with E-state index in [1.54, 1.807) is 21.3 Å². The van der Waals surface area contributed by atoms with Crippen molar-refractivity contribution in [3.8, 4) is 11.5 Å². The van der Waals surface area contributed by atoms with Crippen molar-refractivity contribution >= 4 is 17.7 Å². The molecular formula is C20H34N4O4. The van der Waals surface area contributed by atoms with Crippen LogP contribution < -0.4 is 25.4 Å². The van der Waals surface area contributed by atoms with Crippen LogP contribution in [-0.2, 0) is 4.74 Å². The summed E-state index contributed by atoms with van der Waals surface area (Å²) in [4.78, 5) is 16.3. The molecule has 0 saturated heterocycles. The molecule has 1 unspecified atom stereocenters. The molecule has 0 fully saturated rings. The fraction of sp³-hybridized carbons (Fsp3) is 0.600. The normalized spacial score (nSPS) is 12.8. The second-order valence-electron chi connectivity index (χ2n) is 7.28. The van der Waals surface area contributed by atoms with Gasteiger partial charge in [-0.05, 0) is 39.3 Å². The Hall–Kier alpha value is -2.64. The van der Waals surface area contributed by atoms with Gasteiger partial charge in [-0.3, -0.25) is 4.99 Å². The number of benzene rings is 1. The smallest absolute Gasteiger partial charge is 0.407 e. The molecule has 0 radical (unpaired) electrons. The van der Waals surface area contributed by atoms with Gasteiger partial charge in [0.25, 0.3) is 0 Å². The monoisotopic (exact) mass is 394 g/mol. The van der Waals surface area contributed by atoms with Crippen molar-refractivity contribution in [3.63, 3.8) is 0 Å². The molecular weight excluding hydrogens is 360 g/mol. The summed E-state index contributed by atoms with van der Waals surface area (Å²) in [6.07, 6.45) is 1.33. The van der Waals surface area contributed by atoms with Gasteiger partial charge in [-0.25, -0.2) is 4.79 Å². The van der Waals surface area contributed by atoms with Gasteiger partial charge in [-0.15, -0.1) is 0 Å². The van der Waals surface area contributed by atoms with E-state index < -0.39 is 11.7 Å². The lowest BCUT2D eigenvalue weighted by molar-refractivity contribution is 0.0502. The highest BCUT2D eigenvalue weighted by atomic mass is 16.6. The number of rotatable bonds is 8. The van der Waals surface area contributed by atoms with E-state index in [0.29, 0.717) is 24.0 Å². The molecule has 28 heavy (non-hydrogen) atoms. The quantitative estimate of drug-likeness (QED) is 0.462. The molecule has 0 bridgehead atoms. The molecule has 1 rings (SSSR count). The van der Waals surface area contributed by atoms with Crippen molar-refractivity contribution in [2.24, 2.45) is 4.99 Å². The third-order valence-electron chi connectivity index (χ3n) is 3.74. The summed E-state index contributed by atoms with van der Waals surface area (Å²) in [6, 6.07) is 5.44. The first-order valence-electron chi connectivity index (χ1n) is 9.41. The average Bonchev–Trinajstić information content (AvgIpc) is 2.63. The minimum Gasteiger partial charge on any atom is -0.493 e. The first-order valence-corrected chi connectivity index (χ1v) is 9.41.